The molecule has 8 heteroatoms. The largest absolute Gasteiger partial charge is 0.493 e. The number of rotatable bonds is 6. The lowest BCUT2D eigenvalue weighted by atomic mass is 9.87. The van der Waals surface area contributed by atoms with Crippen molar-refractivity contribution in [2.75, 3.05) is 26.6 Å². The number of amides is 2. The van der Waals surface area contributed by atoms with Crippen molar-refractivity contribution in [3.05, 3.63) is 12.1 Å². The third kappa shape index (κ3) is 4.27. The normalized spacial score (nSPS) is 24.4. The Bertz CT molecular complexity index is 684. The molecule has 1 aliphatic heterocycles. The number of benzene rings is 1. The molecule has 0 unspecified atom stereocenters. The SMILES string of the molecule is COc1cc(NC(=O)C[C@@H]2N[C@@H]3CCCC[C@H]3NC2=O)cc(OC)c1OC. The van der Waals surface area contributed by atoms with Gasteiger partial charge in [-0.1, -0.05) is 12.8 Å². The number of carbonyl (C=O) groups excluding carboxylic acids is 2. The number of nitrogens with one attached hydrogen (secondary N) is 3. The number of piperazine rings is 1. The molecule has 0 radical (unpaired) electrons. The lowest BCUT2D eigenvalue weighted by Crippen LogP contribution is -2.65. The van der Waals surface area contributed by atoms with E-state index in [4.69, 9.17) is 14.2 Å². The van der Waals surface area contributed by atoms with Gasteiger partial charge in [-0.25, -0.2) is 0 Å². The fourth-order valence-electron chi connectivity index (χ4n) is 3.82. The predicted octanol–water partition coefficient (Wildman–Crippen LogP) is 1.44. The minimum atomic E-state index is -0.522. The van der Waals surface area contributed by atoms with Crippen LogP contribution >= 0.6 is 0 Å². The number of fused-ring (bicyclic) bond motifs is 1. The summed E-state index contributed by atoms with van der Waals surface area (Å²) in [6, 6.07) is 3.22. The van der Waals surface area contributed by atoms with Crippen molar-refractivity contribution in [1.29, 1.82) is 0 Å². The van der Waals surface area contributed by atoms with Gasteiger partial charge in [0.15, 0.2) is 11.5 Å². The topological polar surface area (TPSA) is 97.9 Å². The number of hydrogen-bond acceptors (Lipinski definition) is 6. The van der Waals surface area contributed by atoms with Gasteiger partial charge in [-0.2, -0.15) is 0 Å². The molecule has 27 heavy (non-hydrogen) atoms. The maximum Gasteiger partial charge on any atom is 0.237 e. The van der Waals surface area contributed by atoms with Crippen molar-refractivity contribution in [1.82, 2.24) is 10.6 Å². The van der Waals surface area contributed by atoms with E-state index in [1.54, 1.807) is 12.1 Å². The molecule has 0 spiro atoms. The van der Waals surface area contributed by atoms with Crippen LogP contribution in [0.5, 0.6) is 17.2 Å². The van der Waals surface area contributed by atoms with Crippen LogP contribution in [0.1, 0.15) is 32.1 Å². The Morgan fingerprint density at radius 2 is 1.70 bits per heavy atom. The van der Waals surface area contributed by atoms with Gasteiger partial charge < -0.3 is 30.2 Å². The second-order valence-electron chi connectivity index (χ2n) is 6.89. The maximum absolute atomic E-state index is 12.5. The summed E-state index contributed by atoms with van der Waals surface area (Å²) in [5.41, 5.74) is 0.515. The summed E-state index contributed by atoms with van der Waals surface area (Å²) in [6.45, 7) is 0. The van der Waals surface area contributed by atoms with Crippen molar-refractivity contribution in [3.63, 3.8) is 0 Å². The maximum atomic E-state index is 12.5. The fraction of sp³-hybridized carbons (Fsp3) is 0.579. The van der Waals surface area contributed by atoms with Crippen LogP contribution in [0.2, 0.25) is 0 Å². The molecule has 1 aliphatic carbocycles. The zero-order valence-electron chi connectivity index (χ0n) is 16.0. The number of anilines is 1. The highest BCUT2D eigenvalue weighted by Crippen LogP contribution is 2.40. The molecule has 1 saturated heterocycles. The fourth-order valence-corrected chi connectivity index (χ4v) is 3.82. The number of methoxy groups -OCH3 is 3. The van der Waals surface area contributed by atoms with E-state index in [2.05, 4.69) is 16.0 Å². The van der Waals surface area contributed by atoms with E-state index in [1.165, 1.54) is 21.3 Å². The minimum absolute atomic E-state index is 0.0612. The molecule has 2 fully saturated rings. The average Bonchev–Trinajstić information content (AvgIpc) is 2.67. The van der Waals surface area contributed by atoms with Gasteiger partial charge in [-0.15, -0.1) is 0 Å². The summed E-state index contributed by atoms with van der Waals surface area (Å²) in [7, 11) is 4.55. The highest BCUT2D eigenvalue weighted by molar-refractivity contribution is 5.96. The van der Waals surface area contributed by atoms with Crippen LogP contribution in [0.15, 0.2) is 12.1 Å². The van der Waals surface area contributed by atoms with Gasteiger partial charge in [0, 0.05) is 29.9 Å². The first-order valence-corrected chi connectivity index (χ1v) is 9.22. The summed E-state index contributed by atoms with van der Waals surface area (Å²) < 4.78 is 15.9. The second kappa shape index (κ2) is 8.47. The third-order valence-electron chi connectivity index (χ3n) is 5.16. The first-order valence-electron chi connectivity index (χ1n) is 9.22. The van der Waals surface area contributed by atoms with Crippen LogP contribution in [0, 0.1) is 0 Å². The molecule has 0 aromatic heterocycles. The molecule has 3 atom stereocenters. The quantitative estimate of drug-likeness (QED) is 0.694. The Morgan fingerprint density at radius 3 is 2.30 bits per heavy atom. The van der Waals surface area contributed by atoms with Crippen LogP contribution in [0.25, 0.3) is 0 Å². The van der Waals surface area contributed by atoms with Crippen molar-refractivity contribution in [2.24, 2.45) is 0 Å². The Balaban J connectivity index is 1.66. The number of hydrogen-bond donors (Lipinski definition) is 3. The first-order chi connectivity index (χ1) is 13.0. The van der Waals surface area contributed by atoms with Gasteiger partial charge >= 0.3 is 0 Å². The molecule has 2 amide bonds. The molecule has 3 N–H and O–H groups in total. The zero-order chi connectivity index (χ0) is 19.4. The van der Waals surface area contributed by atoms with E-state index >= 15 is 0 Å². The van der Waals surface area contributed by atoms with Gasteiger partial charge in [-0.05, 0) is 12.8 Å². The Labute approximate surface area is 158 Å². The van der Waals surface area contributed by atoms with E-state index in [-0.39, 0.29) is 30.3 Å². The lowest BCUT2D eigenvalue weighted by molar-refractivity contribution is -0.129. The highest BCUT2D eigenvalue weighted by atomic mass is 16.5. The number of carbonyl (C=O) groups is 2. The molecular formula is C19H27N3O5. The molecule has 2 aliphatic rings. The zero-order valence-corrected chi connectivity index (χ0v) is 16.0. The van der Waals surface area contributed by atoms with Crippen LogP contribution in [-0.2, 0) is 9.59 Å². The predicted molar refractivity (Wildman–Crippen MR) is 100 cm³/mol. The summed E-state index contributed by atoms with van der Waals surface area (Å²) in [5.74, 6) is 0.982. The van der Waals surface area contributed by atoms with Gasteiger partial charge in [0.25, 0.3) is 0 Å². The second-order valence-corrected chi connectivity index (χ2v) is 6.89. The Kier molecular flexibility index (Phi) is 6.05. The molecular weight excluding hydrogens is 350 g/mol. The molecule has 1 saturated carbocycles. The van der Waals surface area contributed by atoms with Gasteiger partial charge in [0.05, 0.1) is 33.8 Å². The van der Waals surface area contributed by atoms with Crippen molar-refractivity contribution in [2.45, 2.75) is 50.2 Å². The van der Waals surface area contributed by atoms with Gasteiger partial charge in [-0.3, -0.25) is 9.59 Å². The summed E-state index contributed by atoms with van der Waals surface area (Å²) >= 11 is 0. The van der Waals surface area contributed by atoms with Gasteiger partial charge in [0.2, 0.25) is 17.6 Å². The van der Waals surface area contributed by atoms with E-state index in [1.807, 2.05) is 0 Å². The van der Waals surface area contributed by atoms with E-state index in [0.717, 1.165) is 25.7 Å². The Hall–Kier alpha value is -2.48. The van der Waals surface area contributed by atoms with Crippen molar-refractivity contribution >= 4 is 17.5 Å². The van der Waals surface area contributed by atoms with Crippen LogP contribution < -0.4 is 30.2 Å². The molecule has 3 rings (SSSR count). The third-order valence-corrected chi connectivity index (χ3v) is 5.16. The Morgan fingerprint density at radius 1 is 1.07 bits per heavy atom. The van der Waals surface area contributed by atoms with E-state index in [9.17, 15) is 9.59 Å². The molecule has 0 bridgehead atoms. The first kappa shape index (κ1) is 19.3. The molecule has 8 nitrogen and oxygen atoms in total. The van der Waals surface area contributed by atoms with Crippen molar-refractivity contribution < 1.29 is 23.8 Å². The van der Waals surface area contributed by atoms with Gasteiger partial charge in [0.1, 0.15) is 0 Å². The molecule has 1 aromatic rings. The average molecular weight is 377 g/mol. The number of ether oxygens (including phenoxy) is 3. The summed E-state index contributed by atoms with van der Waals surface area (Å²) in [4.78, 5) is 24.8. The van der Waals surface area contributed by atoms with E-state index in [0.29, 0.717) is 22.9 Å². The molecule has 148 valence electrons. The van der Waals surface area contributed by atoms with Crippen LogP contribution in [0.4, 0.5) is 5.69 Å². The van der Waals surface area contributed by atoms with Crippen LogP contribution in [0.3, 0.4) is 0 Å². The molecule has 1 aromatic carbocycles. The standard InChI is InChI=1S/C19H27N3O5/c1-25-15-8-11(9-16(26-2)18(15)27-3)20-17(23)10-14-19(24)22-13-7-5-4-6-12(13)21-14/h8-9,12-14,21H,4-7,10H2,1-3H3,(H,20,23)(H,22,24)/t12-,13-,14+/m1/s1. The molecule has 1 heterocycles. The minimum Gasteiger partial charge on any atom is -0.493 e. The smallest absolute Gasteiger partial charge is 0.237 e. The monoisotopic (exact) mass is 377 g/mol. The lowest BCUT2D eigenvalue weighted by Gasteiger charge is -2.40. The van der Waals surface area contributed by atoms with Crippen LogP contribution in [-0.4, -0.2) is 51.3 Å². The summed E-state index contributed by atoms with van der Waals surface area (Å²) in [6.07, 6.45) is 4.36. The summed E-state index contributed by atoms with van der Waals surface area (Å²) in [5, 5.41) is 9.20. The highest BCUT2D eigenvalue weighted by Gasteiger charge is 2.37. The van der Waals surface area contributed by atoms with E-state index < -0.39 is 6.04 Å². The van der Waals surface area contributed by atoms with Crippen molar-refractivity contribution in [3.8, 4) is 17.2 Å².